The summed E-state index contributed by atoms with van der Waals surface area (Å²) in [4.78, 5) is 42.7. The highest BCUT2D eigenvalue weighted by Crippen LogP contribution is 2.41. The Morgan fingerprint density at radius 3 is 1.90 bits per heavy atom. The second-order valence-corrected chi connectivity index (χ2v) is 8.98. The zero-order valence-electron chi connectivity index (χ0n) is 22.7. The number of rotatable bonds is 11. The zero-order valence-corrected chi connectivity index (χ0v) is 22.7. The molecule has 212 valence electrons. The Morgan fingerprint density at radius 1 is 0.878 bits per heavy atom. The molecule has 4 N–H and O–H groups in total. The predicted octanol–water partition coefficient (Wildman–Crippen LogP) is 3.05. The summed E-state index contributed by atoms with van der Waals surface area (Å²) in [6, 6.07) is 24.0. The van der Waals surface area contributed by atoms with Gasteiger partial charge in [0.05, 0.1) is 27.0 Å². The second-order valence-electron chi connectivity index (χ2n) is 8.98. The fourth-order valence-electron chi connectivity index (χ4n) is 4.28. The molecule has 0 saturated heterocycles. The highest BCUT2D eigenvalue weighted by molar-refractivity contribution is 5.94. The molecule has 0 saturated carbocycles. The van der Waals surface area contributed by atoms with Crippen molar-refractivity contribution in [3.05, 3.63) is 112 Å². The van der Waals surface area contributed by atoms with Crippen LogP contribution in [-0.4, -0.2) is 53.8 Å². The van der Waals surface area contributed by atoms with E-state index in [1.807, 2.05) is 54.6 Å². The number of ether oxygens (including phenoxy) is 3. The van der Waals surface area contributed by atoms with E-state index in [0.29, 0.717) is 11.5 Å². The Labute approximate surface area is 236 Å². The van der Waals surface area contributed by atoms with Crippen molar-refractivity contribution in [2.24, 2.45) is 0 Å². The van der Waals surface area contributed by atoms with Gasteiger partial charge in [0.25, 0.3) is 11.5 Å². The number of anilines is 2. The summed E-state index contributed by atoms with van der Waals surface area (Å²) in [6.07, 6.45) is -0.581. The lowest BCUT2D eigenvalue weighted by Crippen LogP contribution is -2.40. The maximum atomic E-state index is 12.9. The lowest BCUT2D eigenvalue weighted by molar-refractivity contribution is -0.130. The third-order valence-electron chi connectivity index (χ3n) is 6.29. The van der Waals surface area contributed by atoms with Crippen molar-refractivity contribution in [3.8, 4) is 11.5 Å². The standard InChI is InChI=1S/C30H30N4O7/c1-19(35)32-29-31-17-25(27(37)34-29)33-28(38)26(36)18-41-30(20-7-5-4-6-8-20,21-9-13-23(39-2)14-10-21)22-11-15-24(40-3)16-12-22/h4-17,26,36H,18H2,1-3H3,(H,33,38)(H2,31,32,34,35,37)/t26-/m1/s1. The highest BCUT2D eigenvalue weighted by atomic mass is 16.5. The van der Waals surface area contributed by atoms with Crippen LogP contribution in [0, 0.1) is 0 Å². The Bertz CT molecular complexity index is 1490. The molecule has 0 radical (unpaired) electrons. The van der Waals surface area contributed by atoms with Crippen LogP contribution in [0.4, 0.5) is 11.6 Å². The number of amides is 2. The first-order valence-corrected chi connectivity index (χ1v) is 12.6. The van der Waals surface area contributed by atoms with Gasteiger partial charge >= 0.3 is 0 Å². The van der Waals surface area contributed by atoms with Crippen molar-refractivity contribution in [3.63, 3.8) is 0 Å². The number of H-pyrrole nitrogens is 1. The molecule has 0 bridgehead atoms. The van der Waals surface area contributed by atoms with Crippen LogP contribution in [0.15, 0.2) is 89.9 Å². The van der Waals surface area contributed by atoms with Crippen LogP contribution in [0.25, 0.3) is 0 Å². The quantitative estimate of drug-likeness (QED) is 0.205. The van der Waals surface area contributed by atoms with Gasteiger partial charge in [0.2, 0.25) is 11.9 Å². The van der Waals surface area contributed by atoms with Crippen molar-refractivity contribution in [1.82, 2.24) is 9.97 Å². The number of benzene rings is 3. The number of hydrogen-bond acceptors (Lipinski definition) is 8. The van der Waals surface area contributed by atoms with E-state index in [2.05, 4.69) is 20.6 Å². The molecule has 2 amide bonds. The van der Waals surface area contributed by atoms with Crippen LogP contribution in [0.2, 0.25) is 0 Å². The van der Waals surface area contributed by atoms with Gasteiger partial charge in [-0.2, -0.15) is 0 Å². The molecule has 3 aromatic carbocycles. The lowest BCUT2D eigenvalue weighted by atomic mass is 9.80. The number of nitrogens with zero attached hydrogens (tertiary/aromatic N) is 1. The number of methoxy groups -OCH3 is 2. The molecule has 4 rings (SSSR count). The van der Waals surface area contributed by atoms with Gasteiger partial charge in [-0.05, 0) is 41.0 Å². The average molecular weight is 559 g/mol. The second kappa shape index (κ2) is 12.9. The van der Waals surface area contributed by atoms with Gasteiger partial charge in [-0.15, -0.1) is 0 Å². The van der Waals surface area contributed by atoms with Gasteiger partial charge in [0.1, 0.15) is 22.8 Å². The van der Waals surface area contributed by atoms with E-state index in [-0.39, 0.29) is 11.6 Å². The summed E-state index contributed by atoms with van der Waals surface area (Å²) in [5.74, 6) is -0.0819. The molecule has 0 unspecified atom stereocenters. The zero-order chi connectivity index (χ0) is 29.4. The first kappa shape index (κ1) is 29.0. The highest BCUT2D eigenvalue weighted by Gasteiger charge is 2.39. The molecule has 41 heavy (non-hydrogen) atoms. The van der Waals surface area contributed by atoms with Crippen molar-refractivity contribution in [2.75, 3.05) is 31.5 Å². The van der Waals surface area contributed by atoms with Gasteiger partial charge in [-0.1, -0.05) is 54.6 Å². The van der Waals surface area contributed by atoms with Gasteiger partial charge < -0.3 is 24.6 Å². The third-order valence-corrected chi connectivity index (χ3v) is 6.29. The van der Waals surface area contributed by atoms with Gasteiger partial charge in [-0.25, -0.2) is 4.98 Å². The first-order chi connectivity index (χ1) is 19.8. The number of carbonyl (C=O) groups excluding carboxylic acids is 2. The molecule has 0 aliphatic carbocycles. The molecule has 0 fully saturated rings. The van der Waals surface area contributed by atoms with Crippen LogP contribution in [0.3, 0.4) is 0 Å². The van der Waals surface area contributed by atoms with E-state index in [0.717, 1.165) is 22.9 Å². The minimum absolute atomic E-state index is 0.0731. The van der Waals surface area contributed by atoms with Crippen LogP contribution in [0.1, 0.15) is 23.6 Å². The third kappa shape index (κ3) is 6.60. The lowest BCUT2D eigenvalue weighted by Gasteiger charge is -2.36. The van der Waals surface area contributed by atoms with Crippen molar-refractivity contribution >= 4 is 23.5 Å². The topological polar surface area (TPSA) is 152 Å². The number of aromatic amines is 1. The van der Waals surface area contributed by atoms with Crippen LogP contribution in [0.5, 0.6) is 11.5 Å². The molecular formula is C30H30N4O7. The molecule has 1 aromatic heterocycles. The van der Waals surface area contributed by atoms with E-state index in [4.69, 9.17) is 14.2 Å². The number of carbonyl (C=O) groups is 2. The molecule has 0 spiro atoms. The van der Waals surface area contributed by atoms with Gasteiger partial charge in [-0.3, -0.25) is 24.7 Å². The van der Waals surface area contributed by atoms with Crippen LogP contribution >= 0.6 is 0 Å². The van der Waals surface area contributed by atoms with Crippen molar-refractivity contribution in [2.45, 2.75) is 18.6 Å². The molecule has 0 aliphatic rings. The normalized spacial score (nSPS) is 11.8. The van der Waals surface area contributed by atoms with Crippen LogP contribution < -0.4 is 25.7 Å². The maximum Gasteiger partial charge on any atom is 0.276 e. The summed E-state index contributed by atoms with van der Waals surface area (Å²) in [6.45, 7) is 0.827. The Balaban J connectivity index is 1.67. The fraction of sp³-hybridized carbons (Fsp3) is 0.200. The van der Waals surface area contributed by atoms with E-state index < -0.39 is 35.7 Å². The Hall–Kier alpha value is -5.00. The monoisotopic (exact) mass is 558 g/mol. The largest absolute Gasteiger partial charge is 0.497 e. The van der Waals surface area contributed by atoms with Crippen LogP contribution in [-0.2, 0) is 19.9 Å². The van der Waals surface area contributed by atoms with Crippen molar-refractivity contribution < 1.29 is 28.9 Å². The smallest absolute Gasteiger partial charge is 0.276 e. The molecule has 4 aromatic rings. The number of aromatic nitrogens is 2. The van der Waals surface area contributed by atoms with E-state index >= 15 is 0 Å². The predicted molar refractivity (Wildman–Crippen MR) is 152 cm³/mol. The number of nitrogens with one attached hydrogen (secondary N) is 3. The van der Waals surface area contributed by atoms with Gasteiger partial charge in [0.15, 0.2) is 6.10 Å². The summed E-state index contributed by atoms with van der Waals surface area (Å²) in [5.41, 5.74) is 0.0216. The average Bonchev–Trinajstić information content (AvgIpc) is 2.99. The number of hydrogen-bond donors (Lipinski definition) is 4. The number of aliphatic hydroxyl groups is 1. The molecule has 11 heteroatoms. The number of aliphatic hydroxyl groups excluding tert-OH is 1. The molecule has 11 nitrogen and oxygen atoms in total. The SMILES string of the molecule is COc1ccc(C(OC[C@@H](O)C(=O)Nc2cnc(NC(C)=O)[nH]c2=O)(c2ccccc2)c2ccc(OC)cc2)cc1. The fourth-order valence-corrected chi connectivity index (χ4v) is 4.28. The summed E-state index contributed by atoms with van der Waals surface area (Å²) < 4.78 is 17.2. The molecule has 1 heterocycles. The summed E-state index contributed by atoms with van der Waals surface area (Å²) >= 11 is 0. The Morgan fingerprint density at radius 2 is 1.41 bits per heavy atom. The minimum Gasteiger partial charge on any atom is -0.497 e. The molecule has 1 atom stereocenters. The van der Waals surface area contributed by atoms with Gasteiger partial charge in [0, 0.05) is 6.92 Å². The molecule has 0 aliphatic heterocycles. The minimum atomic E-state index is -1.66. The Kier molecular flexibility index (Phi) is 9.12. The summed E-state index contributed by atoms with van der Waals surface area (Å²) in [7, 11) is 3.14. The van der Waals surface area contributed by atoms with Crippen molar-refractivity contribution in [1.29, 1.82) is 0 Å². The van der Waals surface area contributed by atoms with E-state index in [1.54, 1.807) is 38.5 Å². The molecular weight excluding hydrogens is 528 g/mol. The van der Waals surface area contributed by atoms with E-state index in [9.17, 15) is 19.5 Å². The first-order valence-electron chi connectivity index (χ1n) is 12.6. The summed E-state index contributed by atoms with van der Waals surface area (Å²) in [5, 5.41) is 15.5. The van der Waals surface area contributed by atoms with E-state index in [1.165, 1.54) is 6.92 Å². The maximum absolute atomic E-state index is 12.9.